The Bertz CT molecular complexity index is 1680. The third-order valence-electron chi connectivity index (χ3n) is 6.86. The number of carbonyl (C=O) groups excluding carboxylic acids is 2. The highest BCUT2D eigenvalue weighted by Gasteiger charge is 2.29. The van der Waals surface area contributed by atoms with Gasteiger partial charge in [-0.25, -0.2) is 9.59 Å². The lowest BCUT2D eigenvalue weighted by molar-refractivity contribution is 0.0520. The molecule has 0 radical (unpaired) electrons. The standard InChI is InChI=1S/C30H30N6O8S2/c1-3-39-26(37)22-19(13-41-17-9-5-15(6-10-17)24-33-35-29(31)43-24)21-20(23(27(38)40-4-2)46-28(21)45-22)14-42-18-11-7-16(8-12-18)25-34-36-30(32)44-25/h5-12,24-25,33-34H,3-4,13-14H2,1-2H3,(H2,31,35)(H2,32,36). The van der Waals surface area contributed by atoms with Crippen molar-refractivity contribution >= 4 is 56.1 Å². The minimum Gasteiger partial charge on any atom is -0.489 e. The SMILES string of the molecule is CCOC(=O)c1sc2sc(C(=O)OCC)c(COc3ccc(C4NN=C(N)O4)cc3)c2c1COc1ccc(C2NN=C(N)O2)cc1. The Morgan fingerprint density at radius 1 is 0.739 bits per heavy atom. The summed E-state index contributed by atoms with van der Waals surface area (Å²) in [6, 6.07) is 14.5. The molecule has 240 valence electrons. The number of nitrogens with zero attached hydrogens (tertiary/aromatic N) is 2. The van der Waals surface area contributed by atoms with E-state index in [1.165, 1.54) is 22.7 Å². The number of thiophene rings is 2. The molecule has 4 aromatic rings. The lowest BCUT2D eigenvalue weighted by atomic mass is 10.1. The zero-order valence-corrected chi connectivity index (χ0v) is 26.4. The van der Waals surface area contributed by atoms with E-state index < -0.39 is 24.4 Å². The summed E-state index contributed by atoms with van der Waals surface area (Å²) in [5.41, 5.74) is 19.6. The lowest BCUT2D eigenvalue weighted by Crippen LogP contribution is -2.15. The summed E-state index contributed by atoms with van der Waals surface area (Å²) in [4.78, 5) is 26.9. The van der Waals surface area contributed by atoms with Gasteiger partial charge in [0.25, 0.3) is 0 Å². The second kappa shape index (κ2) is 13.4. The monoisotopic (exact) mass is 666 g/mol. The molecule has 0 saturated carbocycles. The molecule has 6 N–H and O–H groups in total. The summed E-state index contributed by atoms with van der Waals surface area (Å²) < 4.78 is 34.7. The first-order valence-electron chi connectivity index (χ1n) is 14.2. The van der Waals surface area contributed by atoms with Gasteiger partial charge in [0.05, 0.1) is 17.2 Å². The number of nitrogens with one attached hydrogen (secondary N) is 2. The fraction of sp³-hybridized carbons (Fsp3) is 0.267. The molecule has 2 aliphatic rings. The van der Waals surface area contributed by atoms with E-state index in [1.54, 1.807) is 38.1 Å². The van der Waals surface area contributed by atoms with Crippen LogP contribution in [0.15, 0.2) is 58.7 Å². The molecule has 0 aliphatic carbocycles. The Labute approximate surface area is 270 Å². The van der Waals surface area contributed by atoms with E-state index in [0.29, 0.717) is 37.8 Å². The number of fused-ring (bicyclic) bond motifs is 1. The van der Waals surface area contributed by atoms with Gasteiger partial charge in [0.15, 0.2) is 0 Å². The number of ether oxygens (including phenoxy) is 6. The largest absolute Gasteiger partial charge is 0.489 e. The molecule has 2 unspecified atom stereocenters. The maximum Gasteiger partial charge on any atom is 0.348 e. The van der Waals surface area contributed by atoms with E-state index in [2.05, 4.69) is 21.1 Å². The quantitative estimate of drug-likeness (QED) is 0.158. The van der Waals surface area contributed by atoms with Crippen molar-refractivity contribution in [1.29, 1.82) is 0 Å². The van der Waals surface area contributed by atoms with Crippen LogP contribution in [0.5, 0.6) is 11.5 Å². The van der Waals surface area contributed by atoms with Crippen LogP contribution in [-0.2, 0) is 32.2 Å². The molecular weight excluding hydrogens is 636 g/mol. The van der Waals surface area contributed by atoms with Gasteiger partial charge in [-0.3, -0.25) is 10.9 Å². The first kappa shape index (κ1) is 30.8. The fourth-order valence-electron chi connectivity index (χ4n) is 4.75. The molecule has 0 amide bonds. The molecule has 16 heteroatoms. The minimum atomic E-state index is -0.493. The average Bonchev–Trinajstić information content (AvgIpc) is 3.84. The highest BCUT2D eigenvalue weighted by atomic mass is 32.2. The maximum atomic E-state index is 13.1. The smallest absolute Gasteiger partial charge is 0.348 e. The molecule has 4 heterocycles. The van der Waals surface area contributed by atoms with Gasteiger partial charge >= 0.3 is 24.0 Å². The van der Waals surface area contributed by atoms with Gasteiger partial charge in [0.1, 0.15) is 34.5 Å². The number of carbonyl (C=O) groups is 2. The van der Waals surface area contributed by atoms with Gasteiger partial charge in [-0.2, -0.15) is 0 Å². The van der Waals surface area contributed by atoms with Crippen molar-refractivity contribution < 1.29 is 38.0 Å². The van der Waals surface area contributed by atoms with Crippen LogP contribution >= 0.6 is 22.7 Å². The fourth-order valence-corrected chi connectivity index (χ4v) is 7.34. The molecule has 2 aliphatic heterocycles. The molecule has 6 rings (SSSR count). The summed E-state index contributed by atoms with van der Waals surface area (Å²) in [6.45, 7) is 3.96. The summed E-state index contributed by atoms with van der Waals surface area (Å²) in [6.07, 6.45) is -0.986. The van der Waals surface area contributed by atoms with Crippen molar-refractivity contribution in [2.75, 3.05) is 13.2 Å². The number of hydrogen-bond acceptors (Lipinski definition) is 16. The van der Waals surface area contributed by atoms with Gasteiger partial charge < -0.3 is 39.9 Å². The van der Waals surface area contributed by atoms with Crippen LogP contribution in [0.3, 0.4) is 0 Å². The number of amidine groups is 2. The predicted octanol–water partition coefficient (Wildman–Crippen LogP) is 4.17. The van der Waals surface area contributed by atoms with Crippen LogP contribution in [0.25, 0.3) is 9.40 Å². The Morgan fingerprint density at radius 2 is 1.15 bits per heavy atom. The zero-order chi connectivity index (χ0) is 32.2. The van der Waals surface area contributed by atoms with Crippen molar-refractivity contribution in [1.82, 2.24) is 10.9 Å². The lowest BCUT2D eigenvalue weighted by Gasteiger charge is -2.13. The van der Waals surface area contributed by atoms with Crippen LogP contribution in [0.1, 0.15) is 67.9 Å². The zero-order valence-electron chi connectivity index (χ0n) is 24.7. The molecule has 46 heavy (non-hydrogen) atoms. The Morgan fingerprint density at radius 3 is 1.50 bits per heavy atom. The number of esters is 2. The van der Waals surface area contributed by atoms with E-state index in [0.717, 1.165) is 15.1 Å². The Kier molecular flexibility index (Phi) is 8.98. The molecular formula is C30H30N6O8S2. The molecule has 2 atom stereocenters. The van der Waals surface area contributed by atoms with Crippen LogP contribution < -0.4 is 31.8 Å². The summed E-state index contributed by atoms with van der Waals surface area (Å²) in [5, 5.41) is 8.37. The Balaban J connectivity index is 1.28. The van der Waals surface area contributed by atoms with Crippen molar-refractivity contribution in [2.24, 2.45) is 21.7 Å². The minimum absolute atomic E-state index is 0.0298. The number of hydrogen-bond donors (Lipinski definition) is 4. The molecule has 0 saturated heterocycles. The molecule has 2 aromatic heterocycles. The molecule has 0 fully saturated rings. The van der Waals surface area contributed by atoms with Crippen molar-refractivity contribution in [3.8, 4) is 11.5 Å². The summed E-state index contributed by atoms with van der Waals surface area (Å²) in [5.74, 6) is 0.159. The highest BCUT2D eigenvalue weighted by molar-refractivity contribution is 7.40. The Hall–Kier alpha value is -5.22. The van der Waals surface area contributed by atoms with Crippen molar-refractivity contribution in [3.05, 3.63) is 80.5 Å². The third kappa shape index (κ3) is 6.43. The van der Waals surface area contributed by atoms with E-state index in [1.807, 2.05) is 24.3 Å². The number of benzene rings is 2. The first-order chi connectivity index (χ1) is 22.3. The molecule has 14 nitrogen and oxygen atoms in total. The van der Waals surface area contributed by atoms with Gasteiger partial charge in [-0.05, 0) is 62.4 Å². The van der Waals surface area contributed by atoms with Gasteiger partial charge in [0, 0.05) is 27.6 Å². The third-order valence-corrected chi connectivity index (χ3v) is 9.37. The van der Waals surface area contributed by atoms with Gasteiger partial charge in [-0.15, -0.1) is 32.9 Å². The summed E-state index contributed by atoms with van der Waals surface area (Å²) >= 11 is 2.49. The van der Waals surface area contributed by atoms with Crippen LogP contribution in [0.4, 0.5) is 0 Å². The van der Waals surface area contributed by atoms with Crippen molar-refractivity contribution in [3.63, 3.8) is 0 Å². The van der Waals surface area contributed by atoms with E-state index >= 15 is 0 Å². The summed E-state index contributed by atoms with van der Waals surface area (Å²) in [7, 11) is 0. The van der Waals surface area contributed by atoms with Gasteiger partial charge in [0.2, 0.25) is 12.5 Å². The topological polar surface area (TPSA) is 190 Å². The van der Waals surface area contributed by atoms with Crippen LogP contribution in [0.2, 0.25) is 0 Å². The van der Waals surface area contributed by atoms with Crippen molar-refractivity contribution in [2.45, 2.75) is 39.5 Å². The number of rotatable bonds is 12. The van der Waals surface area contributed by atoms with E-state index in [4.69, 9.17) is 39.9 Å². The van der Waals surface area contributed by atoms with Crippen LogP contribution in [0, 0.1) is 0 Å². The maximum absolute atomic E-state index is 13.1. The van der Waals surface area contributed by atoms with Gasteiger partial charge in [-0.1, -0.05) is 0 Å². The molecule has 2 aromatic carbocycles. The average molecular weight is 667 g/mol. The number of hydrazone groups is 2. The van der Waals surface area contributed by atoms with E-state index in [-0.39, 0.29) is 38.5 Å². The second-order valence-electron chi connectivity index (χ2n) is 9.79. The van der Waals surface area contributed by atoms with Crippen LogP contribution in [-0.4, -0.2) is 37.2 Å². The molecule has 0 spiro atoms. The normalized spacial score (nSPS) is 16.8. The predicted molar refractivity (Wildman–Crippen MR) is 170 cm³/mol. The second-order valence-corrected chi connectivity index (χ2v) is 12.1. The highest BCUT2D eigenvalue weighted by Crippen LogP contribution is 2.43. The first-order valence-corrected chi connectivity index (χ1v) is 15.8. The molecule has 0 bridgehead atoms. The number of nitrogens with two attached hydrogens (primary N) is 2. The van der Waals surface area contributed by atoms with E-state index in [9.17, 15) is 9.59 Å².